The highest BCUT2D eigenvalue weighted by molar-refractivity contribution is 6.07. The molecule has 18 heavy (non-hydrogen) atoms. The SMILES string of the molecule is COc1c(C)ccc2c1oc1c(F)c(C)ccc12. The number of fused-ring (bicyclic) bond motifs is 3. The molecule has 3 aromatic rings. The number of methoxy groups -OCH3 is 1. The second-order valence-electron chi connectivity index (χ2n) is 4.47. The van der Waals surface area contributed by atoms with Gasteiger partial charge in [0.2, 0.25) is 0 Å². The monoisotopic (exact) mass is 244 g/mol. The van der Waals surface area contributed by atoms with E-state index >= 15 is 0 Å². The van der Waals surface area contributed by atoms with E-state index in [4.69, 9.17) is 9.15 Å². The van der Waals surface area contributed by atoms with E-state index in [0.717, 1.165) is 16.3 Å². The Bertz CT molecular complexity index is 756. The third kappa shape index (κ3) is 1.33. The minimum Gasteiger partial charge on any atom is -0.493 e. The quantitative estimate of drug-likeness (QED) is 0.635. The third-order valence-corrected chi connectivity index (χ3v) is 3.30. The van der Waals surface area contributed by atoms with Gasteiger partial charge in [-0.05, 0) is 31.0 Å². The summed E-state index contributed by atoms with van der Waals surface area (Å²) in [5, 5.41) is 1.66. The molecular formula is C15H13FO2. The van der Waals surface area contributed by atoms with Gasteiger partial charge < -0.3 is 9.15 Å². The fourth-order valence-electron chi connectivity index (χ4n) is 2.30. The van der Waals surface area contributed by atoms with E-state index in [-0.39, 0.29) is 5.82 Å². The van der Waals surface area contributed by atoms with Gasteiger partial charge in [-0.1, -0.05) is 18.2 Å². The molecule has 1 aromatic heterocycles. The number of hydrogen-bond acceptors (Lipinski definition) is 2. The standard InChI is InChI=1S/C15H13FO2/c1-8-4-6-10-11-7-5-9(2)13(17-3)15(11)18-14(10)12(8)16/h4-7H,1-3H3. The van der Waals surface area contributed by atoms with Crippen LogP contribution in [-0.4, -0.2) is 7.11 Å². The predicted octanol–water partition coefficient (Wildman–Crippen LogP) is 4.35. The molecule has 1 heterocycles. The minimum atomic E-state index is -0.302. The van der Waals surface area contributed by atoms with E-state index in [1.54, 1.807) is 20.1 Å². The van der Waals surface area contributed by atoms with Crippen LogP contribution in [0.5, 0.6) is 5.75 Å². The molecule has 0 saturated carbocycles. The largest absolute Gasteiger partial charge is 0.493 e. The van der Waals surface area contributed by atoms with Crippen molar-refractivity contribution in [2.45, 2.75) is 13.8 Å². The van der Waals surface area contributed by atoms with Crippen molar-refractivity contribution in [1.29, 1.82) is 0 Å². The molecule has 0 unspecified atom stereocenters. The van der Waals surface area contributed by atoms with Crippen LogP contribution in [0.2, 0.25) is 0 Å². The Balaban J connectivity index is 2.54. The van der Waals surface area contributed by atoms with Crippen LogP contribution >= 0.6 is 0 Å². The Morgan fingerprint density at radius 3 is 2.22 bits per heavy atom. The average molecular weight is 244 g/mol. The van der Waals surface area contributed by atoms with Crippen LogP contribution in [0.25, 0.3) is 21.9 Å². The topological polar surface area (TPSA) is 22.4 Å². The fourth-order valence-corrected chi connectivity index (χ4v) is 2.30. The molecule has 3 rings (SSSR count). The van der Waals surface area contributed by atoms with Gasteiger partial charge in [-0.25, -0.2) is 4.39 Å². The van der Waals surface area contributed by atoms with E-state index in [1.165, 1.54) is 0 Å². The first-order chi connectivity index (χ1) is 8.63. The van der Waals surface area contributed by atoms with Gasteiger partial charge in [0.15, 0.2) is 22.7 Å². The summed E-state index contributed by atoms with van der Waals surface area (Å²) in [6, 6.07) is 7.54. The normalized spacial score (nSPS) is 11.3. The molecule has 0 aliphatic rings. The minimum absolute atomic E-state index is 0.300. The Morgan fingerprint density at radius 2 is 1.56 bits per heavy atom. The van der Waals surface area contributed by atoms with Gasteiger partial charge in [-0.2, -0.15) is 0 Å². The summed E-state index contributed by atoms with van der Waals surface area (Å²) in [6.07, 6.45) is 0. The van der Waals surface area contributed by atoms with Crippen LogP contribution in [0.15, 0.2) is 28.7 Å². The maximum atomic E-state index is 14.0. The molecule has 0 atom stereocenters. The van der Waals surface area contributed by atoms with Crippen LogP contribution in [-0.2, 0) is 0 Å². The van der Waals surface area contributed by atoms with Crippen molar-refractivity contribution in [3.8, 4) is 5.75 Å². The van der Waals surface area contributed by atoms with Crippen molar-refractivity contribution in [2.24, 2.45) is 0 Å². The van der Waals surface area contributed by atoms with Crippen molar-refractivity contribution >= 4 is 21.9 Å². The van der Waals surface area contributed by atoms with Crippen molar-refractivity contribution in [3.63, 3.8) is 0 Å². The summed E-state index contributed by atoms with van der Waals surface area (Å²) in [5.74, 6) is 0.365. The zero-order chi connectivity index (χ0) is 12.9. The van der Waals surface area contributed by atoms with Crippen LogP contribution in [0.3, 0.4) is 0 Å². The lowest BCUT2D eigenvalue weighted by atomic mass is 10.1. The zero-order valence-corrected chi connectivity index (χ0v) is 10.5. The molecule has 0 spiro atoms. The number of rotatable bonds is 1. The zero-order valence-electron chi connectivity index (χ0n) is 10.5. The summed E-state index contributed by atoms with van der Waals surface area (Å²) in [4.78, 5) is 0. The van der Waals surface area contributed by atoms with E-state index < -0.39 is 0 Å². The van der Waals surface area contributed by atoms with Gasteiger partial charge in [0, 0.05) is 10.8 Å². The first kappa shape index (κ1) is 11.1. The number of furan rings is 1. The molecule has 0 saturated heterocycles. The van der Waals surface area contributed by atoms with E-state index in [9.17, 15) is 4.39 Å². The highest BCUT2D eigenvalue weighted by atomic mass is 19.1. The van der Waals surface area contributed by atoms with E-state index in [1.807, 2.05) is 25.1 Å². The van der Waals surface area contributed by atoms with Crippen LogP contribution in [0.4, 0.5) is 4.39 Å². The summed E-state index contributed by atoms with van der Waals surface area (Å²) in [5.41, 5.74) is 2.46. The van der Waals surface area contributed by atoms with Crippen molar-refractivity contribution < 1.29 is 13.5 Å². The predicted molar refractivity (Wildman–Crippen MR) is 69.7 cm³/mol. The van der Waals surface area contributed by atoms with Gasteiger partial charge in [-0.3, -0.25) is 0 Å². The van der Waals surface area contributed by atoms with Gasteiger partial charge in [0.05, 0.1) is 7.11 Å². The second-order valence-corrected chi connectivity index (χ2v) is 4.47. The second kappa shape index (κ2) is 3.73. The van der Waals surface area contributed by atoms with Gasteiger partial charge in [0.25, 0.3) is 0 Å². The first-order valence-corrected chi connectivity index (χ1v) is 5.78. The molecule has 92 valence electrons. The average Bonchev–Trinajstić information content (AvgIpc) is 2.73. The molecule has 0 aliphatic carbocycles. The van der Waals surface area contributed by atoms with Crippen LogP contribution < -0.4 is 4.74 Å². The highest BCUT2D eigenvalue weighted by Gasteiger charge is 2.16. The lowest BCUT2D eigenvalue weighted by molar-refractivity contribution is 0.408. The van der Waals surface area contributed by atoms with E-state index in [2.05, 4.69) is 0 Å². The van der Waals surface area contributed by atoms with E-state index in [0.29, 0.717) is 22.5 Å². The summed E-state index contributed by atoms with van der Waals surface area (Å²) < 4.78 is 25.0. The molecule has 3 heteroatoms. The highest BCUT2D eigenvalue weighted by Crippen LogP contribution is 2.37. The number of benzene rings is 2. The van der Waals surface area contributed by atoms with Crippen molar-refractivity contribution in [1.82, 2.24) is 0 Å². The van der Waals surface area contributed by atoms with Crippen LogP contribution in [0, 0.1) is 19.7 Å². The lowest BCUT2D eigenvalue weighted by Gasteiger charge is -2.03. The maximum Gasteiger partial charge on any atom is 0.177 e. The Labute approximate surface area is 104 Å². The molecule has 0 amide bonds. The number of halogens is 1. The molecular weight excluding hydrogens is 231 g/mol. The first-order valence-electron chi connectivity index (χ1n) is 5.78. The lowest BCUT2D eigenvalue weighted by Crippen LogP contribution is -1.86. The number of aryl methyl sites for hydroxylation is 2. The summed E-state index contributed by atoms with van der Waals surface area (Å²) in [7, 11) is 1.59. The molecule has 0 radical (unpaired) electrons. The molecule has 2 nitrogen and oxygen atoms in total. The Hall–Kier alpha value is -2.03. The number of hydrogen-bond donors (Lipinski definition) is 0. The van der Waals surface area contributed by atoms with Gasteiger partial charge in [-0.15, -0.1) is 0 Å². The van der Waals surface area contributed by atoms with Crippen molar-refractivity contribution in [2.75, 3.05) is 7.11 Å². The molecule has 0 N–H and O–H groups in total. The van der Waals surface area contributed by atoms with Crippen LogP contribution in [0.1, 0.15) is 11.1 Å². The third-order valence-electron chi connectivity index (χ3n) is 3.30. The Kier molecular flexibility index (Phi) is 2.30. The van der Waals surface area contributed by atoms with Gasteiger partial charge >= 0.3 is 0 Å². The molecule has 0 bridgehead atoms. The molecule has 0 fully saturated rings. The van der Waals surface area contributed by atoms with Gasteiger partial charge in [0.1, 0.15) is 0 Å². The fraction of sp³-hybridized carbons (Fsp3) is 0.200. The maximum absolute atomic E-state index is 14.0. The Morgan fingerprint density at radius 1 is 0.944 bits per heavy atom. The summed E-state index contributed by atoms with van der Waals surface area (Å²) >= 11 is 0. The molecule has 0 aliphatic heterocycles. The van der Waals surface area contributed by atoms with Crippen molar-refractivity contribution in [3.05, 3.63) is 41.2 Å². The summed E-state index contributed by atoms with van der Waals surface area (Å²) in [6.45, 7) is 3.66. The number of ether oxygens (including phenoxy) is 1. The smallest absolute Gasteiger partial charge is 0.177 e. The molecule has 2 aromatic carbocycles.